The Morgan fingerprint density at radius 2 is 1.88 bits per heavy atom. The van der Waals surface area contributed by atoms with Gasteiger partial charge in [0.1, 0.15) is 5.82 Å². The summed E-state index contributed by atoms with van der Waals surface area (Å²) in [6, 6.07) is 4.14. The van der Waals surface area contributed by atoms with Crippen LogP contribution in [0.25, 0.3) is 0 Å². The summed E-state index contributed by atoms with van der Waals surface area (Å²) < 4.78 is 36.3. The number of benzene rings is 1. The van der Waals surface area contributed by atoms with Gasteiger partial charge < -0.3 is 5.32 Å². The van der Waals surface area contributed by atoms with Crippen LogP contribution in [0.1, 0.15) is 24.3 Å². The molecule has 0 unspecified atom stereocenters. The molecule has 3 nitrogen and oxygen atoms in total. The summed E-state index contributed by atoms with van der Waals surface area (Å²) in [4.78, 5) is 0.0750. The van der Waals surface area contributed by atoms with Gasteiger partial charge in [0, 0.05) is 6.26 Å². The highest BCUT2D eigenvalue weighted by atomic mass is 32.2. The summed E-state index contributed by atoms with van der Waals surface area (Å²) in [6.45, 7) is 1.80. The Hall–Kier alpha value is -0.940. The Kier molecular flexibility index (Phi) is 3.49. The van der Waals surface area contributed by atoms with E-state index in [1.807, 2.05) is 0 Å². The minimum atomic E-state index is -3.34. The second-order valence-electron chi connectivity index (χ2n) is 4.52. The third kappa shape index (κ3) is 3.04. The summed E-state index contributed by atoms with van der Waals surface area (Å²) >= 11 is 0. The molecule has 2 rings (SSSR count). The number of rotatable bonds is 2. The van der Waals surface area contributed by atoms with Crippen molar-refractivity contribution in [1.29, 1.82) is 0 Å². The van der Waals surface area contributed by atoms with Crippen molar-refractivity contribution < 1.29 is 12.8 Å². The molecule has 0 aliphatic carbocycles. The number of piperidine rings is 1. The molecule has 1 heterocycles. The molecule has 0 spiro atoms. The summed E-state index contributed by atoms with van der Waals surface area (Å²) in [5.41, 5.74) is 0.798. The van der Waals surface area contributed by atoms with Gasteiger partial charge in [-0.15, -0.1) is 0 Å². The lowest BCUT2D eigenvalue weighted by atomic mass is 9.90. The standard InChI is InChI=1S/C12H16FNO2S/c1-17(15,16)12-7-10(6-11(13)8-12)9-2-4-14-5-3-9/h6-9,14H,2-5H2,1H3. The normalized spacial score (nSPS) is 18.2. The zero-order valence-corrected chi connectivity index (χ0v) is 10.6. The largest absolute Gasteiger partial charge is 0.317 e. The highest BCUT2D eigenvalue weighted by molar-refractivity contribution is 7.90. The molecule has 1 N–H and O–H groups in total. The molecule has 1 aliphatic rings. The molecule has 0 amide bonds. The van der Waals surface area contributed by atoms with E-state index in [1.165, 1.54) is 6.07 Å². The minimum Gasteiger partial charge on any atom is -0.317 e. The lowest BCUT2D eigenvalue weighted by Gasteiger charge is -2.23. The Bertz CT molecular complexity index is 507. The maximum atomic E-state index is 13.4. The number of nitrogens with one attached hydrogen (secondary N) is 1. The van der Waals surface area contributed by atoms with Crippen LogP contribution in [-0.4, -0.2) is 27.8 Å². The van der Waals surface area contributed by atoms with Gasteiger partial charge >= 0.3 is 0 Å². The van der Waals surface area contributed by atoms with E-state index >= 15 is 0 Å². The van der Waals surface area contributed by atoms with Gasteiger partial charge in [0.05, 0.1) is 4.90 Å². The highest BCUT2D eigenvalue weighted by Gasteiger charge is 2.18. The molecule has 5 heteroatoms. The molecule has 1 saturated heterocycles. The van der Waals surface area contributed by atoms with E-state index in [-0.39, 0.29) is 10.8 Å². The number of halogens is 1. The van der Waals surface area contributed by atoms with Crippen molar-refractivity contribution in [3.63, 3.8) is 0 Å². The Morgan fingerprint density at radius 3 is 2.47 bits per heavy atom. The Morgan fingerprint density at radius 1 is 1.24 bits per heavy atom. The van der Waals surface area contributed by atoms with Gasteiger partial charge in [0.25, 0.3) is 0 Å². The first-order chi connectivity index (χ1) is 7.97. The van der Waals surface area contributed by atoms with E-state index in [0.29, 0.717) is 0 Å². The zero-order valence-electron chi connectivity index (χ0n) is 9.74. The topological polar surface area (TPSA) is 46.2 Å². The summed E-state index contributed by atoms with van der Waals surface area (Å²) in [5, 5.41) is 3.23. The average molecular weight is 257 g/mol. The molecule has 0 atom stereocenters. The number of hydrogen-bond acceptors (Lipinski definition) is 3. The van der Waals surface area contributed by atoms with Crippen molar-refractivity contribution >= 4 is 9.84 Å². The molecular weight excluding hydrogens is 241 g/mol. The van der Waals surface area contributed by atoms with E-state index in [0.717, 1.165) is 43.8 Å². The molecule has 0 bridgehead atoms. The molecule has 1 fully saturated rings. The van der Waals surface area contributed by atoms with E-state index in [1.54, 1.807) is 6.07 Å². The van der Waals surface area contributed by atoms with Crippen LogP contribution < -0.4 is 5.32 Å². The van der Waals surface area contributed by atoms with Gasteiger partial charge in [-0.25, -0.2) is 12.8 Å². The Balaban J connectivity index is 2.37. The second-order valence-corrected chi connectivity index (χ2v) is 6.53. The van der Waals surface area contributed by atoms with E-state index < -0.39 is 15.7 Å². The van der Waals surface area contributed by atoms with Gasteiger partial charge in [-0.2, -0.15) is 0 Å². The van der Waals surface area contributed by atoms with Crippen LogP contribution in [-0.2, 0) is 9.84 Å². The molecule has 1 aromatic carbocycles. The molecule has 1 aliphatic heterocycles. The molecule has 94 valence electrons. The van der Waals surface area contributed by atoms with Crippen molar-refractivity contribution in [3.8, 4) is 0 Å². The smallest absolute Gasteiger partial charge is 0.175 e. The number of hydrogen-bond donors (Lipinski definition) is 1. The molecule has 17 heavy (non-hydrogen) atoms. The maximum Gasteiger partial charge on any atom is 0.175 e. The number of sulfone groups is 1. The van der Waals surface area contributed by atoms with Crippen LogP contribution in [0.2, 0.25) is 0 Å². The third-order valence-electron chi connectivity index (χ3n) is 3.13. The summed E-state index contributed by atoms with van der Waals surface area (Å²) in [7, 11) is -3.34. The predicted molar refractivity (Wildman–Crippen MR) is 64.4 cm³/mol. The second kappa shape index (κ2) is 4.74. The molecular formula is C12H16FNO2S. The fourth-order valence-electron chi connectivity index (χ4n) is 2.19. The van der Waals surface area contributed by atoms with Gasteiger partial charge in [0.2, 0.25) is 0 Å². The molecule has 0 radical (unpaired) electrons. The average Bonchev–Trinajstić information content (AvgIpc) is 2.28. The van der Waals surface area contributed by atoms with Crippen LogP contribution in [0, 0.1) is 5.82 Å². The zero-order chi connectivity index (χ0) is 12.5. The fourth-order valence-corrected chi connectivity index (χ4v) is 2.87. The van der Waals surface area contributed by atoms with Crippen LogP contribution in [0.5, 0.6) is 0 Å². The quantitative estimate of drug-likeness (QED) is 0.877. The van der Waals surface area contributed by atoms with Gasteiger partial charge in [-0.3, -0.25) is 0 Å². The van der Waals surface area contributed by atoms with Gasteiger partial charge in [-0.1, -0.05) is 0 Å². The van der Waals surface area contributed by atoms with Crippen molar-refractivity contribution in [2.45, 2.75) is 23.7 Å². The highest BCUT2D eigenvalue weighted by Crippen LogP contribution is 2.27. The minimum absolute atomic E-state index is 0.0750. The SMILES string of the molecule is CS(=O)(=O)c1cc(F)cc(C2CCNCC2)c1. The van der Waals surface area contributed by atoms with Crippen molar-refractivity contribution in [3.05, 3.63) is 29.6 Å². The van der Waals surface area contributed by atoms with Gasteiger partial charge in [-0.05, 0) is 55.6 Å². The van der Waals surface area contributed by atoms with Crippen LogP contribution in [0.3, 0.4) is 0 Å². The first-order valence-corrected chi connectivity index (χ1v) is 7.57. The van der Waals surface area contributed by atoms with Crippen LogP contribution >= 0.6 is 0 Å². The summed E-state index contributed by atoms with van der Waals surface area (Å²) in [5.74, 6) is -0.214. The maximum absolute atomic E-state index is 13.4. The van der Waals surface area contributed by atoms with E-state index in [9.17, 15) is 12.8 Å². The first kappa shape index (κ1) is 12.5. The monoisotopic (exact) mass is 257 g/mol. The van der Waals surface area contributed by atoms with Crippen LogP contribution in [0.4, 0.5) is 4.39 Å². The third-order valence-corrected chi connectivity index (χ3v) is 4.22. The van der Waals surface area contributed by atoms with E-state index in [4.69, 9.17) is 0 Å². The van der Waals surface area contributed by atoms with Crippen molar-refractivity contribution in [2.75, 3.05) is 19.3 Å². The molecule has 0 saturated carbocycles. The van der Waals surface area contributed by atoms with Gasteiger partial charge in [0.15, 0.2) is 9.84 Å². The van der Waals surface area contributed by atoms with Crippen molar-refractivity contribution in [2.24, 2.45) is 0 Å². The van der Waals surface area contributed by atoms with Crippen LogP contribution in [0.15, 0.2) is 23.1 Å². The van der Waals surface area contributed by atoms with Crippen molar-refractivity contribution in [1.82, 2.24) is 5.32 Å². The first-order valence-electron chi connectivity index (χ1n) is 5.68. The molecule has 0 aromatic heterocycles. The lowest BCUT2D eigenvalue weighted by Crippen LogP contribution is -2.26. The predicted octanol–water partition coefficient (Wildman–Crippen LogP) is 1.70. The Labute approximate surface area is 101 Å². The lowest BCUT2D eigenvalue weighted by molar-refractivity contribution is 0.457. The van der Waals surface area contributed by atoms with E-state index in [2.05, 4.69) is 5.32 Å². The summed E-state index contributed by atoms with van der Waals surface area (Å²) in [6.07, 6.45) is 2.95. The molecule has 1 aromatic rings. The fraction of sp³-hybridized carbons (Fsp3) is 0.500.